The highest BCUT2D eigenvalue weighted by atomic mass is 35.5. The summed E-state index contributed by atoms with van der Waals surface area (Å²) in [5.41, 5.74) is 6.83. The Morgan fingerprint density at radius 1 is 1.15 bits per heavy atom. The number of hydrogen-bond donors (Lipinski definition) is 2. The van der Waals surface area contributed by atoms with Crippen LogP contribution >= 0.6 is 23.2 Å². The first-order valence-corrected chi connectivity index (χ1v) is 6.54. The van der Waals surface area contributed by atoms with Crippen LogP contribution < -0.4 is 15.8 Å². The molecule has 1 amide bonds. The monoisotopic (exact) mass is 310 g/mol. The molecule has 0 aliphatic heterocycles. The van der Waals surface area contributed by atoms with E-state index in [1.807, 2.05) is 0 Å². The van der Waals surface area contributed by atoms with Crippen LogP contribution in [0.2, 0.25) is 10.0 Å². The topological polar surface area (TPSA) is 64.3 Å². The van der Waals surface area contributed by atoms with E-state index in [9.17, 15) is 4.79 Å². The second kappa shape index (κ2) is 6.50. The van der Waals surface area contributed by atoms with Crippen LogP contribution in [0.1, 0.15) is 0 Å². The van der Waals surface area contributed by atoms with E-state index in [2.05, 4.69) is 5.32 Å². The SMILES string of the molecule is Nc1ccc(NC(=O)COc2cccc(Cl)c2Cl)cc1. The molecular weight excluding hydrogens is 299 g/mol. The third kappa shape index (κ3) is 3.79. The van der Waals surface area contributed by atoms with Crippen LogP contribution in [0.25, 0.3) is 0 Å². The van der Waals surface area contributed by atoms with Gasteiger partial charge in [0.1, 0.15) is 10.8 Å². The number of hydrogen-bond acceptors (Lipinski definition) is 3. The van der Waals surface area contributed by atoms with Gasteiger partial charge >= 0.3 is 0 Å². The zero-order valence-corrected chi connectivity index (χ0v) is 11.9. The van der Waals surface area contributed by atoms with Crippen molar-refractivity contribution in [1.82, 2.24) is 0 Å². The van der Waals surface area contributed by atoms with Crippen LogP contribution in [0, 0.1) is 0 Å². The van der Waals surface area contributed by atoms with Crippen molar-refractivity contribution in [1.29, 1.82) is 0 Å². The minimum atomic E-state index is -0.300. The molecule has 0 aliphatic carbocycles. The van der Waals surface area contributed by atoms with Gasteiger partial charge in [-0.25, -0.2) is 0 Å². The van der Waals surface area contributed by atoms with Crippen molar-refractivity contribution in [3.63, 3.8) is 0 Å². The smallest absolute Gasteiger partial charge is 0.262 e. The molecule has 0 saturated carbocycles. The molecule has 0 bridgehead atoms. The Morgan fingerprint density at radius 2 is 1.85 bits per heavy atom. The molecule has 2 rings (SSSR count). The Hall–Kier alpha value is -1.91. The molecule has 0 saturated heterocycles. The Labute approximate surface area is 126 Å². The highest BCUT2D eigenvalue weighted by Crippen LogP contribution is 2.31. The lowest BCUT2D eigenvalue weighted by molar-refractivity contribution is -0.118. The van der Waals surface area contributed by atoms with Crippen molar-refractivity contribution in [2.24, 2.45) is 0 Å². The first-order chi connectivity index (χ1) is 9.56. The lowest BCUT2D eigenvalue weighted by atomic mass is 10.3. The highest BCUT2D eigenvalue weighted by molar-refractivity contribution is 6.42. The average molecular weight is 311 g/mol. The lowest BCUT2D eigenvalue weighted by Gasteiger charge is -2.09. The van der Waals surface area contributed by atoms with Gasteiger partial charge in [-0.1, -0.05) is 29.3 Å². The van der Waals surface area contributed by atoms with Gasteiger partial charge in [0.15, 0.2) is 6.61 Å². The van der Waals surface area contributed by atoms with Gasteiger partial charge in [0.05, 0.1) is 5.02 Å². The zero-order chi connectivity index (χ0) is 14.5. The normalized spacial score (nSPS) is 10.1. The molecule has 0 fully saturated rings. The number of carbonyl (C=O) groups excluding carboxylic acids is 1. The number of nitrogens with two attached hydrogens (primary N) is 1. The van der Waals surface area contributed by atoms with E-state index in [-0.39, 0.29) is 17.5 Å². The van der Waals surface area contributed by atoms with Gasteiger partial charge in [-0.05, 0) is 36.4 Å². The minimum absolute atomic E-state index is 0.162. The van der Waals surface area contributed by atoms with Crippen LogP contribution in [-0.2, 0) is 4.79 Å². The summed E-state index contributed by atoms with van der Waals surface area (Å²) in [6, 6.07) is 11.8. The van der Waals surface area contributed by atoms with Crippen LogP contribution in [0.3, 0.4) is 0 Å². The number of ether oxygens (including phenoxy) is 1. The molecule has 20 heavy (non-hydrogen) atoms. The molecular formula is C14H12Cl2N2O2. The standard InChI is InChI=1S/C14H12Cl2N2O2/c15-11-2-1-3-12(14(11)16)20-8-13(19)18-10-6-4-9(17)5-7-10/h1-7H,8,17H2,(H,18,19). The fraction of sp³-hybridized carbons (Fsp3) is 0.0714. The molecule has 0 spiro atoms. The fourth-order valence-corrected chi connectivity index (χ4v) is 1.85. The Bertz CT molecular complexity index is 615. The van der Waals surface area contributed by atoms with E-state index in [0.717, 1.165) is 0 Å². The summed E-state index contributed by atoms with van der Waals surface area (Å²) in [5.74, 6) is 0.0671. The summed E-state index contributed by atoms with van der Waals surface area (Å²) in [5, 5.41) is 3.34. The van der Waals surface area contributed by atoms with Crippen molar-refractivity contribution in [3.05, 3.63) is 52.5 Å². The summed E-state index contributed by atoms with van der Waals surface area (Å²) in [4.78, 5) is 11.7. The molecule has 104 valence electrons. The number of carbonyl (C=O) groups is 1. The largest absolute Gasteiger partial charge is 0.482 e. The van der Waals surface area contributed by atoms with E-state index >= 15 is 0 Å². The molecule has 0 unspecified atom stereocenters. The molecule has 0 atom stereocenters. The van der Waals surface area contributed by atoms with E-state index < -0.39 is 0 Å². The van der Waals surface area contributed by atoms with Gasteiger partial charge in [0.2, 0.25) is 0 Å². The molecule has 6 heteroatoms. The van der Waals surface area contributed by atoms with E-state index in [0.29, 0.717) is 22.1 Å². The molecule has 4 nitrogen and oxygen atoms in total. The number of anilines is 2. The van der Waals surface area contributed by atoms with E-state index in [1.54, 1.807) is 42.5 Å². The predicted molar refractivity (Wildman–Crippen MR) is 81.4 cm³/mol. The first-order valence-electron chi connectivity index (χ1n) is 5.78. The number of benzene rings is 2. The van der Waals surface area contributed by atoms with Gasteiger partial charge in [-0.2, -0.15) is 0 Å². The van der Waals surface area contributed by atoms with Crippen LogP contribution in [-0.4, -0.2) is 12.5 Å². The molecule has 0 aromatic heterocycles. The Morgan fingerprint density at radius 3 is 2.55 bits per heavy atom. The van der Waals surface area contributed by atoms with Crippen molar-refractivity contribution in [2.45, 2.75) is 0 Å². The number of rotatable bonds is 4. The van der Waals surface area contributed by atoms with Crippen molar-refractivity contribution >= 4 is 40.5 Å². The Kier molecular flexibility index (Phi) is 4.71. The summed E-state index contributed by atoms with van der Waals surface area (Å²) in [6.07, 6.45) is 0. The molecule has 2 aromatic rings. The number of nitrogen functional groups attached to an aromatic ring is 1. The average Bonchev–Trinajstić information content (AvgIpc) is 2.43. The van der Waals surface area contributed by atoms with Gasteiger partial charge in [0, 0.05) is 11.4 Å². The summed E-state index contributed by atoms with van der Waals surface area (Å²) in [6.45, 7) is -0.162. The fourth-order valence-electron chi connectivity index (χ4n) is 1.50. The van der Waals surface area contributed by atoms with E-state index in [4.69, 9.17) is 33.7 Å². The minimum Gasteiger partial charge on any atom is -0.482 e. The van der Waals surface area contributed by atoms with Crippen LogP contribution in [0.15, 0.2) is 42.5 Å². The predicted octanol–water partition coefficient (Wildman–Crippen LogP) is 3.59. The summed E-state index contributed by atoms with van der Waals surface area (Å²) >= 11 is 11.8. The molecule has 0 radical (unpaired) electrons. The number of nitrogens with one attached hydrogen (secondary N) is 1. The molecule has 2 aromatic carbocycles. The maximum atomic E-state index is 11.7. The van der Waals surface area contributed by atoms with Gasteiger partial charge in [-0.3, -0.25) is 4.79 Å². The Balaban J connectivity index is 1.92. The van der Waals surface area contributed by atoms with Crippen molar-refractivity contribution < 1.29 is 9.53 Å². The second-order valence-corrected chi connectivity index (χ2v) is 4.80. The zero-order valence-electron chi connectivity index (χ0n) is 10.4. The highest BCUT2D eigenvalue weighted by Gasteiger charge is 2.08. The lowest BCUT2D eigenvalue weighted by Crippen LogP contribution is -2.20. The second-order valence-electron chi connectivity index (χ2n) is 4.01. The van der Waals surface area contributed by atoms with Gasteiger partial charge in [-0.15, -0.1) is 0 Å². The van der Waals surface area contributed by atoms with Gasteiger partial charge < -0.3 is 15.8 Å². The number of halogens is 2. The maximum Gasteiger partial charge on any atom is 0.262 e. The van der Waals surface area contributed by atoms with Crippen molar-refractivity contribution in [3.8, 4) is 5.75 Å². The third-order valence-corrected chi connectivity index (χ3v) is 3.27. The molecule has 3 N–H and O–H groups in total. The number of amides is 1. The molecule has 0 aliphatic rings. The molecule has 0 heterocycles. The van der Waals surface area contributed by atoms with Crippen LogP contribution in [0.5, 0.6) is 5.75 Å². The van der Waals surface area contributed by atoms with Crippen molar-refractivity contribution in [2.75, 3.05) is 17.7 Å². The van der Waals surface area contributed by atoms with Gasteiger partial charge in [0.25, 0.3) is 5.91 Å². The quantitative estimate of drug-likeness (QED) is 0.848. The summed E-state index contributed by atoms with van der Waals surface area (Å²) in [7, 11) is 0. The van der Waals surface area contributed by atoms with E-state index in [1.165, 1.54) is 0 Å². The summed E-state index contributed by atoms with van der Waals surface area (Å²) < 4.78 is 5.32. The van der Waals surface area contributed by atoms with Crippen LogP contribution in [0.4, 0.5) is 11.4 Å². The first kappa shape index (κ1) is 14.5. The third-order valence-electron chi connectivity index (χ3n) is 2.47. The maximum absolute atomic E-state index is 11.7.